The molecule has 0 aromatic heterocycles. The van der Waals surface area contributed by atoms with E-state index in [1.165, 1.54) is 0 Å². The second-order valence-electron chi connectivity index (χ2n) is 4.39. The highest BCUT2D eigenvalue weighted by molar-refractivity contribution is 5.80. The molecule has 3 nitrogen and oxygen atoms in total. The highest BCUT2D eigenvalue weighted by Gasteiger charge is 2.38. The number of carbonyl (C=O) groups is 1. The number of hydrogen-bond acceptors (Lipinski definition) is 3. The van der Waals surface area contributed by atoms with Gasteiger partial charge < -0.3 is 0 Å². The minimum Gasteiger partial charge on any atom is -0.300 e. The van der Waals surface area contributed by atoms with Gasteiger partial charge in [0.05, 0.1) is 23.1 Å². The Labute approximate surface area is 100 Å². The van der Waals surface area contributed by atoms with Gasteiger partial charge in [0.25, 0.3) is 0 Å². The predicted molar refractivity (Wildman–Crippen MR) is 61.9 cm³/mol. The molecule has 1 aliphatic rings. The van der Waals surface area contributed by atoms with Crippen molar-refractivity contribution in [1.82, 2.24) is 0 Å². The maximum absolute atomic E-state index is 11.3. The van der Waals surface area contributed by atoms with Crippen molar-refractivity contribution in [2.75, 3.05) is 0 Å². The van der Waals surface area contributed by atoms with Crippen LogP contribution in [-0.2, 0) is 10.2 Å². The van der Waals surface area contributed by atoms with Crippen LogP contribution in [-0.4, -0.2) is 5.78 Å². The minimum atomic E-state index is -0.653. The second kappa shape index (κ2) is 4.39. The van der Waals surface area contributed by atoms with Gasteiger partial charge in [-0.05, 0) is 24.5 Å². The number of nitriles is 2. The number of rotatable bonds is 1. The Morgan fingerprint density at radius 3 is 2.35 bits per heavy atom. The van der Waals surface area contributed by atoms with Crippen LogP contribution in [0.5, 0.6) is 0 Å². The summed E-state index contributed by atoms with van der Waals surface area (Å²) in [6.07, 6.45) is 1.93. The Morgan fingerprint density at radius 2 is 1.76 bits per heavy atom. The Morgan fingerprint density at radius 1 is 1.12 bits per heavy atom. The molecule has 0 N–H and O–H groups in total. The van der Waals surface area contributed by atoms with Crippen LogP contribution in [0.25, 0.3) is 0 Å². The van der Waals surface area contributed by atoms with Crippen LogP contribution in [0, 0.1) is 22.7 Å². The zero-order valence-corrected chi connectivity index (χ0v) is 9.44. The molecule has 1 aliphatic carbocycles. The lowest BCUT2D eigenvalue weighted by atomic mass is 9.69. The largest absolute Gasteiger partial charge is 0.300 e. The number of ketones is 1. The van der Waals surface area contributed by atoms with Crippen LogP contribution in [0.4, 0.5) is 0 Å². The Hall–Kier alpha value is -2.13. The summed E-state index contributed by atoms with van der Waals surface area (Å²) in [6, 6.07) is 11.6. The number of carbonyl (C=O) groups excluding carboxylic acids is 1. The molecule has 84 valence electrons. The van der Waals surface area contributed by atoms with Crippen molar-refractivity contribution in [2.24, 2.45) is 0 Å². The molecule has 0 saturated heterocycles. The molecule has 1 aromatic carbocycles. The van der Waals surface area contributed by atoms with Crippen molar-refractivity contribution in [3.8, 4) is 12.1 Å². The van der Waals surface area contributed by atoms with Gasteiger partial charge in [-0.3, -0.25) is 4.79 Å². The molecule has 2 rings (SSSR count). The first-order chi connectivity index (χ1) is 8.22. The van der Waals surface area contributed by atoms with Gasteiger partial charge in [-0.25, -0.2) is 0 Å². The monoisotopic (exact) mass is 224 g/mol. The molecule has 0 unspecified atom stereocenters. The SMILES string of the molecule is N#Cc1ccccc1C1(C#N)CCC(=O)CC1. The molecule has 0 bridgehead atoms. The van der Waals surface area contributed by atoms with E-state index in [0.29, 0.717) is 31.2 Å². The van der Waals surface area contributed by atoms with E-state index >= 15 is 0 Å². The summed E-state index contributed by atoms with van der Waals surface area (Å²) in [5, 5.41) is 18.5. The summed E-state index contributed by atoms with van der Waals surface area (Å²) in [7, 11) is 0. The second-order valence-corrected chi connectivity index (χ2v) is 4.39. The van der Waals surface area contributed by atoms with Gasteiger partial charge in [0, 0.05) is 12.8 Å². The van der Waals surface area contributed by atoms with Crippen molar-refractivity contribution < 1.29 is 4.79 Å². The van der Waals surface area contributed by atoms with Crippen molar-refractivity contribution in [3.05, 3.63) is 35.4 Å². The van der Waals surface area contributed by atoms with Gasteiger partial charge in [-0.1, -0.05) is 18.2 Å². The topological polar surface area (TPSA) is 64.7 Å². The van der Waals surface area contributed by atoms with E-state index in [0.717, 1.165) is 5.56 Å². The van der Waals surface area contributed by atoms with Crippen molar-refractivity contribution >= 4 is 5.78 Å². The third-order valence-electron chi connectivity index (χ3n) is 3.44. The first kappa shape index (κ1) is 11.4. The molecule has 0 amide bonds. The molecule has 1 saturated carbocycles. The third-order valence-corrected chi connectivity index (χ3v) is 3.44. The first-order valence-electron chi connectivity index (χ1n) is 5.64. The van der Waals surface area contributed by atoms with Gasteiger partial charge >= 0.3 is 0 Å². The fourth-order valence-corrected chi connectivity index (χ4v) is 2.39. The zero-order chi connectivity index (χ0) is 12.3. The summed E-state index contributed by atoms with van der Waals surface area (Å²) >= 11 is 0. The van der Waals surface area contributed by atoms with E-state index in [1.54, 1.807) is 12.1 Å². The summed E-state index contributed by atoms with van der Waals surface area (Å²) in [5.74, 6) is 0.213. The molecule has 1 fully saturated rings. The zero-order valence-electron chi connectivity index (χ0n) is 9.44. The van der Waals surface area contributed by atoms with E-state index in [1.807, 2.05) is 12.1 Å². The van der Waals surface area contributed by atoms with Crippen molar-refractivity contribution in [3.63, 3.8) is 0 Å². The maximum atomic E-state index is 11.3. The van der Waals surface area contributed by atoms with Crippen LogP contribution in [0.2, 0.25) is 0 Å². The molecular weight excluding hydrogens is 212 g/mol. The van der Waals surface area contributed by atoms with Crippen LogP contribution in [0.15, 0.2) is 24.3 Å². The maximum Gasteiger partial charge on any atom is 0.133 e. The van der Waals surface area contributed by atoms with E-state index in [-0.39, 0.29) is 5.78 Å². The summed E-state index contributed by atoms with van der Waals surface area (Å²) in [5.41, 5.74) is 0.668. The van der Waals surface area contributed by atoms with Gasteiger partial charge in [-0.2, -0.15) is 10.5 Å². The first-order valence-corrected chi connectivity index (χ1v) is 5.64. The fraction of sp³-hybridized carbons (Fsp3) is 0.357. The normalized spacial score (nSPS) is 18.1. The lowest BCUT2D eigenvalue weighted by Crippen LogP contribution is -2.31. The van der Waals surface area contributed by atoms with E-state index in [9.17, 15) is 10.1 Å². The van der Waals surface area contributed by atoms with Crippen LogP contribution >= 0.6 is 0 Å². The number of hydrogen-bond donors (Lipinski definition) is 0. The molecule has 17 heavy (non-hydrogen) atoms. The average molecular weight is 224 g/mol. The lowest BCUT2D eigenvalue weighted by Gasteiger charge is -2.31. The molecule has 0 radical (unpaired) electrons. The Kier molecular flexibility index (Phi) is 2.93. The quantitative estimate of drug-likeness (QED) is 0.736. The van der Waals surface area contributed by atoms with Gasteiger partial charge in [-0.15, -0.1) is 0 Å². The minimum absolute atomic E-state index is 0.213. The predicted octanol–water partition coefficient (Wildman–Crippen LogP) is 2.46. The fourth-order valence-electron chi connectivity index (χ4n) is 2.39. The summed E-state index contributed by atoms with van der Waals surface area (Å²) < 4.78 is 0. The molecule has 3 heteroatoms. The average Bonchev–Trinajstić information content (AvgIpc) is 2.40. The number of benzene rings is 1. The summed E-state index contributed by atoms with van der Waals surface area (Å²) in [6.45, 7) is 0. The van der Waals surface area contributed by atoms with Crippen LogP contribution in [0.3, 0.4) is 0 Å². The lowest BCUT2D eigenvalue weighted by molar-refractivity contribution is -0.120. The van der Waals surface area contributed by atoms with Gasteiger partial charge in [0.15, 0.2) is 0 Å². The van der Waals surface area contributed by atoms with E-state index in [2.05, 4.69) is 12.1 Å². The number of nitrogens with zero attached hydrogens (tertiary/aromatic N) is 2. The highest BCUT2D eigenvalue weighted by Crippen LogP contribution is 2.39. The summed E-state index contributed by atoms with van der Waals surface area (Å²) in [4.78, 5) is 11.3. The Bertz CT molecular complexity index is 524. The molecule has 1 aromatic rings. The molecular formula is C14H12N2O. The van der Waals surface area contributed by atoms with Crippen LogP contribution in [0.1, 0.15) is 36.8 Å². The number of Topliss-reactive ketones (excluding diaryl/α,β-unsaturated/α-hetero) is 1. The molecule has 0 spiro atoms. The van der Waals surface area contributed by atoms with Crippen LogP contribution < -0.4 is 0 Å². The van der Waals surface area contributed by atoms with Gasteiger partial charge in [0.2, 0.25) is 0 Å². The smallest absolute Gasteiger partial charge is 0.133 e. The van der Waals surface area contributed by atoms with E-state index in [4.69, 9.17) is 5.26 Å². The van der Waals surface area contributed by atoms with Crippen molar-refractivity contribution in [1.29, 1.82) is 10.5 Å². The van der Waals surface area contributed by atoms with Crippen molar-refractivity contribution in [2.45, 2.75) is 31.1 Å². The molecule has 0 heterocycles. The van der Waals surface area contributed by atoms with E-state index < -0.39 is 5.41 Å². The standard InChI is InChI=1S/C14H12N2O/c15-9-11-3-1-2-4-13(11)14(10-16)7-5-12(17)6-8-14/h1-4H,5-8H2. The highest BCUT2D eigenvalue weighted by atomic mass is 16.1. The molecule has 0 atom stereocenters. The third kappa shape index (κ3) is 1.92. The Balaban J connectivity index is 2.46. The van der Waals surface area contributed by atoms with Gasteiger partial charge in [0.1, 0.15) is 5.78 Å². The molecule has 0 aliphatic heterocycles.